The highest BCUT2D eigenvalue weighted by molar-refractivity contribution is 5.77. The molecule has 0 atom stereocenters. The quantitative estimate of drug-likeness (QED) is 0.192. The van der Waals surface area contributed by atoms with Gasteiger partial charge in [-0.1, -0.05) is 6.42 Å². The van der Waals surface area contributed by atoms with Gasteiger partial charge in [0.25, 0.3) is 10.8 Å². The van der Waals surface area contributed by atoms with E-state index in [2.05, 4.69) is 10.2 Å². The van der Waals surface area contributed by atoms with E-state index in [9.17, 15) is 29.8 Å². The van der Waals surface area contributed by atoms with E-state index in [4.69, 9.17) is 4.74 Å². The summed E-state index contributed by atoms with van der Waals surface area (Å²) in [6.45, 7) is 0.109. The lowest BCUT2D eigenvalue weighted by molar-refractivity contribution is -0.757. The number of unbranched alkanes of at least 4 members (excludes halogenated alkanes) is 2. The number of carbonyl (C=O) groups excluding carboxylic acids is 2. The van der Waals surface area contributed by atoms with Gasteiger partial charge in [-0.15, -0.1) is 10.1 Å². The summed E-state index contributed by atoms with van der Waals surface area (Å²) in [6, 6.07) is 5.08. The molecule has 11 heteroatoms. The van der Waals surface area contributed by atoms with E-state index in [0.29, 0.717) is 19.3 Å². The highest BCUT2D eigenvalue weighted by Crippen LogP contribution is 2.17. The van der Waals surface area contributed by atoms with Gasteiger partial charge in [0.1, 0.15) is 5.75 Å². The number of hydrogen-bond acceptors (Lipinski definition) is 8. The maximum atomic E-state index is 11.6. The molecular weight excluding hydrogens is 350 g/mol. The van der Waals surface area contributed by atoms with Crippen molar-refractivity contribution in [3.05, 3.63) is 44.5 Å². The predicted molar refractivity (Wildman–Crippen MR) is 87.8 cm³/mol. The molecule has 0 aliphatic rings. The number of amides is 1. The summed E-state index contributed by atoms with van der Waals surface area (Å²) in [6.07, 6.45) is 1.86. The molecule has 11 nitrogen and oxygen atoms in total. The molecule has 1 rings (SSSR count). The Morgan fingerprint density at radius 2 is 1.69 bits per heavy atom. The minimum atomic E-state index is -0.859. The number of carbonyl (C=O) groups is 2. The van der Waals surface area contributed by atoms with Crippen molar-refractivity contribution in [2.24, 2.45) is 0 Å². The van der Waals surface area contributed by atoms with Crippen LogP contribution in [0.5, 0.6) is 5.75 Å². The Bertz CT molecular complexity index is 632. The molecule has 1 aromatic rings. The fraction of sp³-hybridized carbons (Fsp3) is 0.467. The second kappa shape index (κ2) is 11.3. The van der Waals surface area contributed by atoms with Crippen LogP contribution in [0.15, 0.2) is 24.3 Å². The van der Waals surface area contributed by atoms with Crippen molar-refractivity contribution in [3.8, 4) is 5.75 Å². The normalized spacial score (nSPS) is 10.0. The molecule has 1 amide bonds. The molecule has 0 unspecified atom stereocenters. The summed E-state index contributed by atoms with van der Waals surface area (Å²) in [5, 5.41) is 22.1. The first-order chi connectivity index (χ1) is 12.4. The molecule has 0 aromatic heterocycles. The molecule has 0 saturated carbocycles. The number of nitrogens with zero attached hydrogens (tertiary/aromatic N) is 2. The van der Waals surface area contributed by atoms with Crippen molar-refractivity contribution in [1.29, 1.82) is 0 Å². The van der Waals surface area contributed by atoms with E-state index in [1.165, 1.54) is 24.3 Å². The number of nitro groups is 1. The Morgan fingerprint density at radius 1 is 1.00 bits per heavy atom. The van der Waals surface area contributed by atoms with E-state index in [1.807, 2.05) is 0 Å². The number of esters is 1. The lowest BCUT2D eigenvalue weighted by Crippen LogP contribution is -2.26. The monoisotopic (exact) mass is 369 g/mol. The van der Waals surface area contributed by atoms with E-state index < -0.39 is 16.0 Å². The molecule has 0 heterocycles. The van der Waals surface area contributed by atoms with Gasteiger partial charge in [0, 0.05) is 25.1 Å². The van der Waals surface area contributed by atoms with Crippen LogP contribution in [0.1, 0.15) is 32.1 Å². The van der Waals surface area contributed by atoms with Crippen molar-refractivity contribution >= 4 is 17.6 Å². The minimum Gasteiger partial charge on any atom is -0.426 e. The summed E-state index contributed by atoms with van der Waals surface area (Å²) in [7, 11) is 0. The number of nitrogens with one attached hydrogen (secondary N) is 1. The molecular formula is C15H19N3O8. The third-order valence-corrected chi connectivity index (χ3v) is 3.18. The number of non-ortho nitro benzene ring substituents is 1. The SMILES string of the molecule is O=C(CCCCCO[N+](=O)[O-])NCCC(=O)Oc1ccc([N+](=O)[O-])cc1. The number of rotatable bonds is 12. The third-order valence-electron chi connectivity index (χ3n) is 3.18. The van der Waals surface area contributed by atoms with Gasteiger partial charge < -0.3 is 14.9 Å². The Morgan fingerprint density at radius 3 is 2.31 bits per heavy atom. The first kappa shape index (κ1) is 20.8. The zero-order chi connectivity index (χ0) is 19.4. The highest BCUT2D eigenvalue weighted by Gasteiger charge is 2.09. The molecule has 0 saturated heterocycles. The fourth-order valence-electron chi connectivity index (χ4n) is 1.91. The molecule has 1 N–H and O–H groups in total. The summed E-state index contributed by atoms with van der Waals surface area (Å²) in [4.78, 5) is 47.2. The van der Waals surface area contributed by atoms with Crippen molar-refractivity contribution in [2.45, 2.75) is 32.1 Å². The lowest BCUT2D eigenvalue weighted by atomic mass is 10.2. The third kappa shape index (κ3) is 9.15. The van der Waals surface area contributed by atoms with Crippen molar-refractivity contribution in [3.63, 3.8) is 0 Å². The van der Waals surface area contributed by atoms with Gasteiger partial charge in [0.15, 0.2) is 0 Å². The summed E-state index contributed by atoms with van der Waals surface area (Å²) >= 11 is 0. The Hall–Kier alpha value is -3.24. The average Bonchev–Trinajstić information content (AvgIpc) is 2.58. The highest BCUT2D eigenvalue weighted by atomic mass is 16.9. The smallest absolute Gasteiger partial charge is 0.312 e. The van der Waals surface area contributed by atoms with Crippen LogP contribution in [0.4, 0.5) is 5.69 Å². The zero-order valence-corrected chi connectivity index (χ0v) is 13.9. The summed E-state index contributed by atoms with van der Waals surface area (Å²) in [5.74, 6) is -0.622. The van der Waals surface area contributed by atoms with E-state index in [0.717, 1.165) is 0 Å². The van der Waals surface area contributed by atoms with Crippen LogP contribution in [-0.4, -0.2) is 35.0 Å². The Balaban J connectivity index is 2.12. The van der Waals surface area contributed by atoms with Crippen molar-refractivity contribution in [2.75, 3.05) is 13.2 Å². The summed E-state index contributed by atoms with van der Waals surface area (Å²) in [5.41, 5.74) is -0.109. The average molecular weight is 369 g/mol. The number of nitro benzene ring substituents is 1. The van der Waals surface area contributed by atoms with Crippen LogP contribution < -0.4 is 10.1 Å². The number of benzene rings is 1. The molecule has 0 bridgehead atoms. The van der Waals surface area contributed by atoms with Gasteiger partial charge in [-0.05, 0) is 25.0 Å². The standard InChI is InChI=1S/C15H19N3O8/c19-14(4-2-1-3-11-25-18(23)24)16-10-9-15(20)26-13-7-5-12(6-8-13)17(21)22/h5-8H,1-4,9-11H2,(H,16,19). The Kier molecular flexibility index (Phi) is 9.07. The predicted octanol–water partition coefficient (Wildman–Crippen LogP) is 1.78. The van der Waals surface area contributed by atoms with Crippen LogP contribution in [0, 0.1) is 20.2 Å². The lowest BCUT2D eigenvalue weighted by Gasteiger charge is -2.06. The minimum absolute atomic E-state index is 0.00308. The molecule has 142 valence electrons. The van der Waals surface area contributed by atoms with Gasteiger partial charge in [-0.25, -0.2) is 0 Å². The van der Waals surface area contributed by atoms with Crippen LogP contribution in [0.25, 0.3) is 0 Å². The van der Waals surface area contributed by atoms with Gasteiger partial charge >= 0.3 is 5.97 Å². The topological polar surface area (TPSA) is 151 Å². The van der Waals surface area contributed by atoms with Gasteiger partial charge in [0.05, 0.1) is 18.0 Å². The van der Waals surface area contributed by atoms with Crippen molar-refractivity contribution in [1.82, 2.24) is 5.32 Å². The second-order valence-corrected chi connectivity index (χ2v) is 5.19. The molecule has 0 aliphatic heterocycles. The maximum Gasteiger partial charge on any atom is 0.312 e. The Labute approximate surface area is 148 Å². The summed E-state index contributed by atoms with van der Waals surface area (Å²) < 4.78 is 4.99. The molecule has 0 radical (unpaired) electrons. The number of hydrogen-bond donors (Lipinski definition) is 1. The molecule has 0 aliphatic carbocycles. The largest absolute Gasteiger partial charge is 0.426 e. The van der Waals surface area contributed by atoms with Crippen LogP contribution in [0.2, 0.25) is 0 Å². The van der Waals surface area contributed by atoms with Crippen LogP contribution >= 0.6 is 0 Å². The van der Waals surface area contributed by atoms with Crippen LogP contribution in [0.3, 0.4) is 0 Å². The molecule has 0 fully saturated rings. The second-order valence-electron chi connectivity index (χ2n) is 5.19. The zero-order valence-electron chi connectivity index (χ0n) is 13.9. The maximum absolute atomic E-state index is 11.6. The van der Waals surface area contributed by atoms with E-state index >= 15 is 0 Å². The van der Waals surface area contributed by atoms with Crippen LogP contribution in [-0.2, 0) is 14.4 Å². The van der Waals surface area contributed by atoms with Gasteiger partial charge in [0.2, 0.25) is 5.91 Å². The molecule has 0 spiro atoms. The van der Waals surface area contributed by atoms with E-state index in [1.54, 1.807) is 0 Å². The first-order valence-corrected chi connectivity index (χ1v) is 7.87. The number of ether oxygens (including phenoxy) is 1. The molecule has 26 heavy (non-hydrogen) atoms. The first-order valence-electron chi connectivity index (χ1n) is 7.87. The molecule has 1 aromatic carbocycles. The van der Waals surface area contributed by atoms with Gasteiger partial charge in [-0.3, -0.25) is 19.7 Å². The fourth-order valence-corrected chi connectivity index (χ4v) is 1.91. The van der Waals surface area contributed by atoms with Gasteiger partial charge in [-0.2, -0.15) is 0 Å². The van der Waals surface area contributed by atoms with Crippen molar-refractivity contribution < 1.29 is 29.2 Å². The van der Waals surface area contributed by atoms with E-state index in [-0.39, 0.29) is 43.3 Å².